The largest absolute Gasteiger partial charge is 0.396 e. The van der Waals surface area contributed by atoms with Gasteiger partial charge < -0.3 is 14.9 Å². The lowest BCUT2D eigenvalue weighted by Crippen LogP contribution is -2.23. The van der Waals surface area contributed by atoms with Crippen molar-refractivity contribution in [3.8, 4) is 11.3 Å². The van der Waals surface area contributed by atoms with Crippen molar-refractivity contribution in [2.24, 2.45) is 10.9 Å². The van der Waals surface area contributed by atoms with Crippen LogP contribution in [-0.4, -0.2) is 62.0 Å². The molecular weight excluding hydrogens is 396 g/mol. The van der Waals surface area contributed by atoms with E-state index in [0.717, 1.165) is 58.9 Å². The number of allylic oxidation sites excluding steroid dienone is 4. The van der Waals surface area contributed by atoms with Gasteiger partial charge >= 0.3 is 0 Å². The number of hydrogen-bond acceptors (Lipinski definition) is 5. The Morgan fingerprint density at radius 1 is 1.34 bits per heavy atom. The summed E-state index contributed by atoms with van der Waals surface area (Å²) in [7, 11) is 5.75. The number of anilines is 1. The van der Waals surface area contributed by atoms with Crippen LogP contribution in [0.2, 0.25) is 0 Å². The SMILES string of the molecule is C=C/C(=C\N(C)C)c1cccc(-c2c#cc(/C(C=NC)=C/C)c(N3CCC(CO)C3)n2)c1. The topological polar surface area (TPSA) is 52.0 Å². The van der Waals surface area contributed by atoms with Gasteiger partial charge in [-0.25, -0.2) is 4.98 Å². The molecule has 0 bridgehead atoms. The summed E-state index contributed by atoms with van der Waals surface area (Å²) >= 11 is 0. The summed E-state index contributed by atoms with van der Waals surface area (Å²) in [5.41, 5.74) is 5.68. The second-order valence-electron chi connectivity index (χ2n) is 8.16. The minimum atomic E-state index is 0.193. The molecule has 5 nitrogen and oxygen atoms in total. The highest BCUT2D eigenvalue weighted by molar-refractivity contribution is 6.11. The van der Waals surface area contributed by atoms with Gasteiger partial charge in [0.15, 0.2) is 0 Å². The van der Waals surface area contributed by atoms with Crippen molar-refractivity contribution in [2.75, 3.05) is 45.7 Å². The Morgan fingerprint density at radius 3 is 2.78 bits per heavy atom. The van der Waals surface area contributed by atoms with Crippen molar-refractivity contribution in [3.63, 3.8) is 0 Å². The van der Waals surface area contributed by atoms with Gasteiger partial charge in [-0.3, -0.25) is 4.99 Å². The highest BCUT2D eigenvalue weighted by Gasteiger charge is 2.25. The van der Waals surface area contributed by atoms with Crippen molar-refractivity contribution in [2.45, 2.75) is 13.3 Å². The normalized spacial score (nSPS) is 17.0. The summed E-state index contributed by atoms with van der Waals surface area (Å²) in [4.78, 5) is 13.5. The van der Waals surface area contributed by atoms with Gasteiger partial charge in [0.05, 0.1) is 5.56 Å². The zero-order chi connectivity index (χ0) is 23.1. The highest BCUT2D eigenvalue weighted by atomic mass is 16.3. The molecule has 1 aromatic heterocycles. The average molecular weight is 429 g/mol. The lowest BCUT2D eigenvalue weighted by atomic mass is 10.0. The lowest BCUT2D eigenvalue weighted by molar-refractivity contribution is 0.238. The van der Waals surface area contributed by atoms with E-state index < -0.39 is 0 Å². The van der Waals surface area contributed by atoms with E-state index in [1.54, 1.807) is 7.05 Å². The molecule has 32 heavy (non-hydrogen) atoms. The van der Waals surface area contributed by atoms with Gasteiger partial charge in [0, 0.05) is 70.3 Å². The summed E-state index contributed by atoms with van der Waals surface area (Å²) in [6, 6.07) is 14.9. The molecule has 1 aliphatic rings. The highest BCUT2D eigenvalue weighted by Crippen LogP contribution is 2.31. The first-order valence-electron chi connectivity index (χ1n) is 10.9. The van der Waals surface area contributed by atoms with E-state index in [-0.39, 0.29) is 12.5 Å². The molecule has 5 heteroatoms. The summed E-state index contributed by atoms with van der Waals surface area (Å²) in [6.45, 7) is 7.78. The maximum absolute atomic E-state index is 9.63. The molecule has 1 atom stereocenters. The van der Waals surface area contributed by atoms with Crippen molar-refractivity contribution < 1.29 is 5.11 Å². The molecule has 1 aromatic carbocycles. The van der Waals surface area contributed by atoms with Crippen LogP contribution < -0.4 is 4.90 Å². The molecule has 1 saturated heterocycles. The van der Waals surface area contributed by atoms with Crippen LogP contribution in [0, 0.1) is 18.1 Å². The molecule has 3 rings (SSSR count). The number of hydrogen-bond donors (Lipinski definition) is 1. The average Bonchev–Trinajstić information content (AvgIpc) is 3.30. The van der Waals surface area contributed by atoms with E-state index >= 15 is 0 Å². The van der Waals surface area contributed by atoms with E-state index in [1.807, 2.05) is 62.6 Å². The van der Waals surface area contributed by atoms with Gasteiger partial charge in [0.2, 0.25) is 0 Å². The van der Waals surface area contributed by atoms with E-state index in [9.17, 15) is 5.11 Å². The Morgan fingerprint density at radius 2 is 2.16 bits per heavy atom. The second-order valence-corrected chi connectivity index (χ2v) is 8.16. The molecule has 0 spiro atoms. The standard InChI is InChI=1S/C27H32N4O/c1-6-21(16-28-3)25-11-12-26(29-27(25)31-14-13-20(17-31)19-32)24-10-8-9-23(15-24)22(7-2)18-30(4)5/h6-10,15-16,18,20,32H,2,13-14,17,19H2,1,3-5H3/b21-6+,22-18+,28-16?. The number of aliphatic imine (C=N–C) groups is 1. The lowest BCUT2D eigenvalue weighted by Gasteiger charge is -2.20. The van der Waals surface area contributed by atoms with Crippen molar-refractivity contribution >= 4 is 23.2 Å². The fraction of sp³-hybridized carbons (Fsp3) is 0.333. The van der Waals surface area contributed by atoms with Crippen LogP contribution in [0.1, 0.15) is 24.5 Å². The molecule has 0 aliphatic carbocycles. The molecule has 0 amide bonds. The van der Waals surface area contributed by atoms with Gasteiger partial charge in [0.25, 0.3) is 0 Å². The Balaban J connectivity index is 2.08. The maximum atomic E-state index is 9.63. The number of aliphatic hydroxyl groups excluding tert-OH is 1. The summed E-state index contributed by atoms with van der Waals surface area (Å²) in [5, 5.41) is 9.63. The minimum absolute atomic E-state index is 0.193. The molecule has 2 heterocycles. The van der Waals surface area contributed by atoms with E-state index in [2.05, 4.69) is 40.7 Å². The number of aliphatic hydroxyl groups is 1. The zero-order valence-corrected chi connectivity index (χ0v) is 19.5. The van der Waals surface area contributed by atoms with Gasteiger partial charge in [0.1, 0.15) is 11.5 Å². The third-order valence-electron chi connectivity index (χ3n) is 5.55. The predicted octanol–water partition coefficient (Wildman–Crippen LogP) is 4.36. The number of aromatic nitrogens is 1. The molecule has 1 fully saturated rings. The molecule has 0 radical (unpaired) electrons. The number of benzene rings is 1. The molecule has 1 N–H and O–H groups in total. The van der Waals surface area contributed by atoms with Crippen LogP contribution in [0.3, 0.4) is 0 Å². The summed E-state index contributed by atoms with van der Waals surface area (Å²) < 4.78 is 0. The van der Waals surface area contributed by atoms with Crippen molar-refractivity contribution in [1.29, 1.82) is 0 Å². The summed E-state index contributed by atoms with van der Waals surface area (Å²) in [5.74, 6) is 1.13. The monoisotopic (exact) mass is 428 g/mol. The fourth-order valence-electron chi connectivity index (χ4n) is 3.90. The van der Waals surface area contributed by atoms with E-state index in [1.165, 1.54) is 0 Å². The Kier molecular flexibility index (Phi) is 7.86. The maximum Gasteiger partial charge on any atom is 0.146 e. The number of rotatable bonds is 8. The Bertz CT molecular complexity index is 1040. The smallest absolute Gasteiger partial charge is 0.146 e. The molecule has 1 aliphatic heterocycles. The quantitative estimate of drug-likeness (QED) is 0.501. The fourth-order valence-corrected chi connectivity index (χ4v) is 3.90. The van der Waals surface area contributed by atoms with E-state index in [4.69, 9.17) is 4.98 Å². The van der Waals surface area contributed by atoms with Gasteiger partial charge in [-0.05, 0) is 36.6 Å². The van der Waals surface area contributed by atoms with Gasteiger partial charge in [-0.15, -0.1) is 0 Å². The minimum Gasteiger partial charge on any atom is -0.396 e. The van der Waals surface area contributed by atoms with Crippen molar-refractivity contribution in [3.05, 3.63) is 72.5 Å². The van der Waals surface area contributed by atoms with Crippen molar-refractivity contribution in [1.82, 2.24) is 9.88 Å². The molecule has 0 saturated carbocycles. The number of nitrogens with zero attached hydrogens (tertiary/aromatic N) is 4. The first-order chi connectivity index (χ1) is 15.5. The molecular formula is C27H32N4O. The third-order valence-corrected chi connectivity index (χ3v) is 5.55. The van der Waals surface area contributed by atoms with Crippen LogP contribution in [0.4, 0.5) is 5.82 Å². The van der Waals surface area contributed by atoms with Crippen LogP contribution in [0.5, 0.6) is 0 Å². The molecule has 2 aromatic rings. The third kappa shape index (κ3) is 5.27. The van der Waals surface area contributed by atoms with Crippen LogP contribution in [0.15, 0.2) is 54.2 Å². The van der Waals surface area contributed by atoms with Gasteiger partial charge in [-0.2, -0.15) is 0 Å². The molecule has 1 unspecified atom stereocenters. The van der Waals surface area contributed by atoms with Gasteiger partial charge in [-0.1, -0.05) is 43.0 Å². The Labute approximate surface area is 192 Å². The van der Waals surface area contributed by atoms with Crippen LogP contribution >= 0.6 is 0 Å². The van der Waals surface area contributed by atoms with E-state index in [0.29, 0.717) is 0 Å². The Hall–Kier alpha value is -3.36. The first kappa shape index (κ1) is 23.3. The van der Waals surface area contributed by atoms with Crippen LogP contribution in [-0.2, 0) is 0 Å². The zero-order valence-electron chi connectivity index (χ0n) is 19.5. The van der Waals surface area contributed by atoms with Crippen LogP contribution in [0.25, 0.3) is 22.4 Å². The second kappa shape index (κ2) is 10.8. The summed E-state index contributed by atoms with van der Waals surface area (Å²) in [6.07, 6.45) is 8.70. The first-order valence-corrected chi connectivity index (χ1v) is 10.9. The predicted molar refractivity (Wildman–Crippen MR) is 135 cm³/mol. The molecule has 166 valence electrons.